The monoisotopic (exact) mass is 352 g/mol. The molecule has 2 amide bonds. The first kappa shape index (κ1) is 18.3. The highest BCUT2D eigenvalue weighted by molar-refractivity contribution is 6.06. The minimum Gasteiger partial charge on any atom is -0.495 e. The number of hydrogen-bond donors (Lipinski definition) is 2. The molecule has 0 aliphatic heterocycles. The molecule has 2 aromatic rings. The van der Waals surface area contributed by atoms with E-state index >= 15 is 0 Å². The van der Waals surface area contributed by atoms with Crippen LogP contribution in [0.1, 0.15) is 22.8 Å². The van der Waals surface area contributed by atoms with Gasteiger partial charge in [-0.05, 0) is 30.3 Å². The van der Waals surface area contributed by atoms with Crippen LogP contribution in [0.15, 0.2) is 42.5 Å². The van der Waals surface area contributed by atoms with Gasteiger partial charge in [0.1, 0.15) is 5.75 Å². The number of methoxy groups -OCH3 is 1. The minimum atomic E-state index is -4.64. The molecule has 0 atom stereocenters. The van der Waals surface area contributed by atoms with Gasteiger partial charge in [-0.15, -0.1) is 0 Å². The van der Waals surface area contributed by atoms with Crippen LogP contribution in [0.4, 0.5) is 24.5 Å². The molecule has 0 fully saturated rings. The lowest BCUT2D eigenvalue weighted by molar-refractivity contribution is -0.137. The van der Waals surface area contributed by atoms with E-state index in [0.717, 1.165) is 12.1 Å². The maximum absolute atomic E-state index is 13.0. The Kier molecular flexibility index (Phi) is 5.31. The van der Waals surface area contributed by atoms with E-state index in [2.05, 4.69) is 10.6 Å². The van der Waals surface area contributed by atoms with Crippen molar-refractivity contribution in [1.29, 1.82) is 0 Å². The Morgan fingerprint density at radius 3 is 2.32 bits per heavy atom. The Labute approximate surface area is 141 Å². The number of benzene rings is 2. The number of nitrogens with one attached hydrogen (secondary N) is 2. The normalized spacial score (nSPS) is 10.9. The molecule has 0 spiro atoms. The van der Waals surface area contributed by atoms with Crippen molar-refractivity contribution < 1.29 is 27.5 Å². The van der Waals surface area contributed by atoms with Gasteiger partial charge in [0.15, 0.2) is 0 Å². The van der Waals surface area contributed by atoms with Gasteiger partial charge in [-0.25, -0.2) is 0 Å². The van der Waals surface area contributed by atoms with E-state index in [1.165, 1.54) is 44.4 Å². The van der Waals surface area contributed by atoms with Gasteiger partial charge in [0.25, 0.3) is 5.91 Å². The molecule has 132 valence electrons. The summed E-state index contributed by atoms with van der Waals surface area (Å²) >= 11 is 0. The summed E-state index contributed by atoms with van der Waals surface area (Å²) in [7, 11) is 1.40. The molecule has 2 aromatic carbocycles. The van der Waals surface area contributed by atoms with E-state index in [4.69, 9.17) is 4.74 Å². The molecular weight excluding hydrogens is 337 g/mol. The number of carbonyl (C=O) groups is 2. The van der Waals surface area contributed by atoms with Crippen LogP contribution in [0.2, 0.25) is 0 Å². The zero-order valence-corrected chi connectivity index (χ0v) is 13.4. The molecule has 0 radical (unpaired) electrons. The second-order valence-electron chi connectivity index (χ2n) is 5.09. The molecule has 25 heavy (non-hydrogen) atoms. The second-order valence-corrected chi connectivity index (χ2v) is 5.09. The summed E-state index contributed by atoms with van der Waals surface area (Å²) in [4.78, 5) is 23.5. The fourth-order valence-corrected chi connectivity index (χ4v) is 2.20. The van der Waals surface area contributed by atoms with Gasteiger partial charge in [-0.1, -0.05) is 12.1 Å². The Bertz CT molecular complexity index is 804. The van der Waals surface area contributed by atoms with E-state index in [-0.39, 0.29) is 17.3 Å². The summed E-state index contributed by atoms with van der Waals surface area (Å²) < 4.78 is 44.1. The molecule has 0 aliphatic rings. The molecule has 5 nitrogen and oxygen atoms in total. The van der Waals surface area contributed by atoms with Gasteiger partial charge in [-0.3, -0.25) is 9.59 Å². The molecule has 0 saturated carbocycles. The summed E-state index contributed by atoms with van der Waals surface area (Å²) in [6.45, 7) is 1.30. The maximum Gasteiger partial charge on any atom is 0.417 e. The first-order chi connectivity index (χ1) is 11.7. The average molecular weight is 352 g/mol. The van der Waals surface area contributed by atoms with E-state index < -0.39 is 23.2 Å². The summed E-state index contributed by atoms with van der Waals surface area (Å²) in [6.07, 6.45) is -4.64. The SMILES string of the molecule is COc1ccc(NC(=O)c2ccccc2C(F)(F)F)cc1NC(C)=O. The fourth-order valence-electron chi connectivity index (χ4n) is 2.20. The van der Waals surface area contributed by atoms with Crippen LogP contribution < -0.4 is 15.4 Å². The number of rotatable bonds is 4. The first-order valence-electron chi connectivity index (χ1n) is 7.15. The lowest BCUT2D eigenvalue weighted by Crippen LogP contribution is -2.18. The van der Waals surface area contributed by atoms with Crippen LogP contribution in [0.5, 0.6) is 5.75 Å². The molecule has 0 heterocycles. The zero-order chi connectivity index (χ0) is 18.6. The Morgan fingerprint density at radius 2 is 1.72 bits per heavy atom. The van der Waals surface area contributed by atoms with Crippen LogP contribution >= 0.6 is 0 Å². The van der Waals surface area contributed by atoms with Gasteiger partial charge in [0, 0.05) is 12.6 Å². The second kappa shape index (κ2) is 7.25. The molecule has 0 saturated heterocycles. The number of anilines is 2. The van der Waals surface area contributed by atoms with Gasteiger partial charge < -0.3 is 15.4 Å². The van der Waals surface area contributed by atoms with Crippen molar-refractivity contribution in [1.82, 2.24) is 0 Å². The third kappa shape index (κ3) is 4.50. The Morgan fingerprint density at radius 1 is 1.04 bits per heavy atom. The smallest absolute Gasteiger partial charge is 0.417 e. The Hall–Kier alpha value is -3.03. The van der Waals surface area contributed by atoms with Crippen LogP contribution in [0, 0.1) is 0 Å². The number of hydrogen-bond acceptors (Lipinski definition) is 3. The van der Waals surface area contributed by atoms with E-state index in [1.54, 1.807) is 0 Å². The van der Waals surface area contributed by atoms with Crippen molar-refractivity contribution in [2.24, 2.45) is 0 Å². The summed E-state index contributed by atoms with van der Waals surface area (Å²) in [6, 6.07) is 8.83. The molecule has 0 bridgehead atoms. The molecular formula is C17H15F3N2O3. The first-order valence-corrected chi connectivity index (χ1v) is 7.15. The summed E-state index contributed by atoms with van der Waals surface area (Å²) in [5.41, 5.74) is -1.02. The zero-order valence-electron chi connectivity index (χ0n) is 13.4. The third-order valence-electron chi connectivity index (χ3n) is 3.25. The summed E-state index contributed by atoms with van der Waals surface area (Å²) in [5, 5.41) is 4.91. The highest BCUT2D eigenvalue weighted by Crippen LogP contribution is 2.33. The van der Waals surface area contributed by atoms with Crippen LogP contribution in [-0.4, -0.2) is 18.9 Å². The predicted molar refractivity (Wildman–Crippen MR) is 86.7 cm³/mol. The number of halogens is 3. The molecule has 8 heteroatoms. The van der Waals surface area contributed by atoms with Crippen molar-refractivity contribution in [3.63, 3.8) is 0 Å². The van der Waals surface area contributed by atoms with Crippen LogP contribution in [0.3, 0.4) is 0 Å². The van der Waals surface area contributed by atoms with Crippen molar-refractivity contribution in [2.45, 2.75) is 13.1 Å². The topological polar surface area (TPSA) is 67.4 Å². The molecule has 0 aliphatic carbocycles. The van der Waals surface area contributed by atoms with Gasteiger partial charge in [0.2, 0.25) is 5.91 Å². The average Bonchev–Trinajstić information content (AvgIpc) is 2.54. The number of carbonyl (C=O) groups excluding carboxylic acids is 2. The predicted octanol–water partition coefficient (Wildman–Crippen LogP) is 3.92. The van der Waals surface area contributed by atoms with Crippen LogP contribution in [0.25, 0.3) is 0 Å². The van der Waals surface area contributed by atoms with Gasteiger partial charge in [0.05, 0.1) is 23.9 Å². The molecule has 0 unspecified atom stereocenters. The standard InChI is InChI=1S/C17H15F3N2O3/c1-10(23)21-14-9-11(7-8-15(14)25-2)22-16(24)12-5-3-4-6-13(12)17(18,19)20/h3-9H,1-2H3,(H,21,23)(H,22,24). The van der Waals surface area contributed by atoms with Crippen molar-refractivity contribution in [3.8, 4) is 5.75 Å². The highest BCUT2D eigenvalue weighted by Gasteiger charge is 2.34. The number of amides is 2. The van der Waals surface area contributed by atoms with Gasteiger partial charge >= 0.3 is 6.18 Å². The molecule has 2 rings (SSSR count). The van der Waals surface area contributed by atoms with Gasteiger partial charge in [-0.2, -0.15) is 13.2 Å². The molecule has 0 aromatic heterocycles. The van der Waals surface area contributed by atoms with E-state index in [0.29, 0.717) is 5.75 Å². The lowest BCUT2D eigenvalue weighted by atomic mass is 10.1. The summed E-state index contributed by atoms with van der Waals surface area (Å²) in [5.74, 6) is -0.917. The third-order valence-corrected chi connectivity index (χ3v) is 3.25. The Balaban J connectivity index is 2.31. The minimum absolute atomic E-state index is 0.214. The molecule has 2 N–H and O–H groups in total. The van der Waals surface area contributed by atoms with E-state index in [9.17, 15) is 22.8 Å². The maximum atomic E-state index is 13.0. The van der Waals surface area contributed by atoms with E-state index in [1.807, 2.05) is 0 Å². The van der Waals surface area contributed by atoms with Crippen LogP contribution in [-0.2, 0) is 11.0 Å². The van der Waals surface area contributed by atoms with Crippen molar-refractivity contribution in [2.75, 3.05) is 17.7 Å². The number of ether oxygens (including phenoxy) is 1. The quantitative estimate of drug-likeness (QED) is 0.876. The lowest BCUT2D eigenvalue weighted by Gasteiger charge is -2.14. The van der Waals surface area contributed by atoms with Crippen molar-refractivity contribution in [3.05, 3.63) is 53.6 Å². The fraction of sp³-hybridized carbons (Fsp3) is 0.176. The van der Waals surface area contributed by atoms with Crippen molar-refractivity contribution >= 4 is 23.2 Å². The number of alkyl halides is 3. The highest BCUT2D eigenvalue weighted by atomic mass is 19.4. The largest absolute Gasteiger partial charge is 0.495 e.